The number of fused-ring (bicyclic) bond motifs is 1. The Balaban J connectivity index is 1.49. The second-order valence-electron chi connectivity index (χ2n) is 6.81. The standard InChI is InChI=1S/C18H27N5O2S/c1-3-6-20-18-21-23(11-26-18)22-8-7-19-10-15(22)13(2)14-4-5-16-17(9-14)25-12-24-16/h4-5,9,13,15,19H,3,6-8,10-12H2,1-2H3,(H,20,21). The van der Waals surface area contributed by atoms with E-state index in [1.807, 2.05) is 6.07 Å². The minimum absolute atomic E-state index is 0.317. The lowest BCUT2D eigenvalue weighted by Gasteiger charge is -2.42. The van der Waals surface area contributed by atoms with E-state index >= 15 is 0 Å². The third kappa shape index (κ3) is 3.58. The van der Waals surface area contributed by atoms with Crippen LogP contribution in [0.1, 0.15) is 31.7 Å². The van der Waals surface area contributed by atoms with Crippen molar-refractivity contribution in [1.29, 1.82) is 0 Å². The second-order valence-corrected chi connectivity index (χ2v) is 7.75. The van der Waals surface area contributed by atoms with Crippen LogP contribution in [0.15, 0.2) is 23.3 Å². The Labute approximate surface area is 159 Å². The molecule has 0 aliphatic carbocycles. The van der Waals surface area contributed by atoms with E-state index in [0.29, 0.717) is 18.8 Å². The fraction of sp³-hybridized carbons (Fsp3) is 0.611. The maximum Gasteiger partial charge on any atom is 0.231 e. The first-order chi connectivity index (χ1) is 12.8. The normalized spacial score (nSPS) is 23.8. The van der Waals surface area contributed by atoms with Crippen molar-refractivity contribution in [2.24, 2.45) is 5.10 Å². The molecule has 0 bridgehead atoms. The molecule has 2 unspecified atom stereocenters. The average molecular weight is 378 g/mol. The van der Waals surface area contributed by atoms with Gasteiger partial charge in [-0.25, -0.2) is 5.12 Å². The van der Waals surface area contributed by atoms with Crippen LogP contribution in [0.2, 0.25) is 0 Å². The van der Waals surface area contributed by atoms with Crippen LogP contribution in [0, 0.1) is 0 Å². The number of amidine groups is 1. The Kier molecular flexibility index (Phi) is 5.42. The molecular formula is C18H27N5O2S. The molecule has 1 aromatic rings. The van der Waals surface area contributed by atoms with Crippen LogP contribution in [0.4, 0.5) is 0 Å². The van der Waals surface area contributed by atoms with Gasteiger partial charge in [0.05, 0.1) is 6.04 Å². The summed E-state index contributed by atoms with van der Waals surface area (Å²) in [7, 11) is 0. The van der Waals surface area contributed by atoms with Gasteiger partial charge in [-0.2, -0.15) is 5.01 Å². The molecule has 7 nitrogen and oxygen atoms in total. The fourth-order valence-corrected chi connectivity index (χ4v) is 4.39. The highest BCUT2D eigenvalue weighted by Crippen LogP contribution is 2.36. The summed E-state index contributed by atoms with van der Waals surface area (Å²) in [4.78, 5) is 0. The van der Waals surface area contributed by atoms with Gasteiger partial charge in [0.25, 0.3) is 0 Å². The van der Waals surface area contributed by atoms with Crippen molar-refractivity contribution in [3.05, 3.63) is 23.8 Å². The third-order valence-electron chi connectivity index (χ3n) is 5.10. The monoisotopic (exact) mass is 377 g/mol. The van der Waals surface area contributed by atoms with Crippen LogP contribution < -0.4 is 20.1 Å². The van der Waals surface area contributed by atoms with Crippen molar-refractivity contribution >= 4 is 16.9 Å². The molecule has 0 saturated carbocycles. The predicted octanol–water partition coefficient (Wildman–Crippen LogP) is 1.98. The number of thioether (sulfide) groups is 1. The lowest BCUT2D eigenvalue weighted by molar-refractivity contribution is -0.0611. The molecule has 26 heavy (non-hydrogen) atoms. The van der Waals surface area contributed by atoms with Crippen molar-refractivity contribution in [2.45, 2.75) is 32.2 Å². The highest BCUT2D eigenvalue weighted by atomic mass is 32.2. The Morgan fingerprint density at radius 2 is 2.27 bits per heavy atom. The minimum Gasteiger partial charge on any atom is -0.454 e. The summed E-state index contributed by atoms with van der Waals surface area (Å²) < 4.78 is 11.0. The van der Waals surface area contributed by atoms with Gasteiger partial charge in [0.15, 0.2) is 16.7 Å². The summed E-state index contributed by atoms with van der Waals surface area (Å²) >= 11 is 1.78. The summed E-state index contributed by atoms with van der Waals surface area (Å²) in [5, 5.41) is 17.3. The number of rotatable bonds is 5. The number of ether oxygens (including phenoxy) is 2. The smallest absolute Gasteiger partial charge is 0.231 e. The molecule has 1 saturated heterocycles. The zero-order valence-corrected chi connectivity index (χ0v) is 16.2. The van der Waals surface area contributed by atoms with Crippen LogP contribution in [-0.2, 0) is 0 Å². The molecule has 3 aliphatic rings. The number of hydrogen-bond donors (Lipinski definition) is 2. The quantitative estimate of drug-likeness (QED) is 0.814. The van der Waals surface area contributed by atoms with Gasteiger partial charge in [0.2, 0.25) is 6.79 Å². The van der Waals surface area contributed by atoms with E-state index < -0.39 is 0 Å². The van der Waals surface area contributed by atoms with Crippen LogP contribution in [0.3, 0.4) is 0 Å². The molecule has 142 valence electrons. The average Bonchev–Trinajstić information content (AvgIpc) is 3.34. The van der Waals surface area contributed by atoms with E-state index in [9.17, 15) is 0 Å². The zero-order chi connectivity index (χ0) is 17.9. The topological polar surface area (TPSA) is 61.4 Å². The number of nitrogens with one attached hydrogen (secondary N) is 2. The van der Waals surface area contributed by atoms with Crippen molar-refractivity contribution < 1.29 is 9.47 Å². The lowest BCUT2D eigenvalue weighted by atomic mass is 9.91. The molecule has 8 heteroatoms. The van der Waals surface area contributed by atoms with Gasteiger partial charge < -0.3 is 20.1 Å². The SMILES string of the molecule is CCCNC1=NN(N2CCNCC2C(C)c2ccc3c(c2)OCO3)CS1. The van der Waals surface area contributed by atoms with Gasteiger partial charge >= 0.3 is 0 Å². The van der Waals surface area contributed by atoms with Crippen LogP contribution in [-0.4, -0.2) is 60.2 Å². The molecule has 3 heterocycles. The Bertz CT molecular complexity index is 671. The molecule has 1 aromatic carbocycles. The molecule has 0 aromatic heterocycles. The van der Waals surface area contributed by atoms with E-state index in [2.05, 4.69) is 46.7 Å². The number of piperazine rings is 1. The maximum absolute atomic E-state index is 5.56. The molecule has 2 atom stereocenters. The number of hydrazine groups is 1. The van der Waals surface area contributed by atoms with Crippen LogP contribution in [0.25, 0.3) is 0 Å². The first kappa shape index (κ1) is 17.8. The number of benzene rings is 1. The number of hydrogen-bond acceptors (Lipinski definition) is 8. The molecule has 0 spiro atoms. The van der Waals surface area contributed by atoms with Crippen LogP contribution >= 0.6 is 11.8 Å². The van der Waals surface area contributed by atoms with Gasteiger partial charge in [-0.1, -0.05) is 31.7 Å². The molecule has 2 N–H and O–H groups in total. The Hall–Kier alpha value is -1.64. The fourth-order valence-electron chi connectivity index (χ4n) is 3.59. The zero-order valence-electron chi connectivity index (χ0n) is 15.4. The van der Waals surface area contributed by atoms with E-state index in [-0.39, 0.29) is 0 Å². The molecule has 4 rings (SSSR count). The number of nitrogens with zero attached hydrogens (tertiary/aromatic N) is 3. The summed E-state index contributed by atoms with van der Waals surface area (Å²) in [6.45, 7) is 8.64. The summed E-state index contributed by atoms with van der Waals surface area (Å²) in [5.74, 6) is 2.92. The second kappa shape index (κ2) is 7.94. The van der Waals surface area contributed by atoms with E-state index in [0.717, 1.165) is 55.1 Å². The van der Waals surface area contributed by atoms with Crippen LogP contribution in [0.5, 0.6) is 11.5 Å². The lowest BCUT2D eigenvalue weighted by Crippen LogP contribution is -2.58. The van der Waals surface area contributed by atoms with Gasteiger partial charge in [-0.05, 0) is 30.0 Å². The van der Waals surface area contributed by atoms with Gasteiger partial charge in [0, 0.05) is 26.2 Å². The van der Waals surface area contributed by atoms with Gasteiger partial charge in [0.1, 0.15) is 5.88 Å². The van der Waals surface area contributed by atoms with Crippen molar-refractivity contribution in [3.8, 4) is 11.5 Å². The predicted molar refractivity (Wildman–Crippen MR) is 104 cm³/mol. The summed E-state index contributed by atoms with van der Waals surface area (Å²) in [6, 6.07) is 6.64. The molecule has 0 amide bonds. The summed E-state index contributed by atoms with van der Waals surface area (Å²) in [5.41, 5.74) is 1.27. The van der Waals surface area contributed by atoms with E-state index in [4.69, 9.17) is 14.6 Å². The van der Waals surface area contributed by atoms with E-state index in [1.165, 1.54) is 5.56 Å². The number of hydrazone groups is 1. The third-order valence-corrected chi connectivity index (χ3v) is 5.96. The maximum atomic E-state index is 5.56. The molecule has 3 aliphatic heterocycles. The van der Waals surface area contributed by atoms with Crippen molar-refractivity contribution in [3.63, 3.8) is 0 Å². The first-order valence-corrected chi connectivity index (χ1v) is 10.3. The highest BCUT2D eigenvalue weighted by molar-refractivity contribution is 8.14. The highest BCUT2D eigenvalue weighted by Gasteiger charge is 2.34. The van der Waals surface area contributed by atoms with Crippen molar-refractivity contribution in [2.75, 3.05) is 38.8 Å². The largest absolute Gasteiger partial charge is 0.454 e. The minimum atomic E-state index is 0.317. The molecular weight excluding hydrogens is 350 g/mol. The van der Waals surface area contributed by atoms with Gasteiger partial charge in [-0.15, -0.1) is 5.10 Å². The van der Waals surface area contributed by atoms with E-state index in [1.54, 1.807) is 11.8 Å². The molecule has 0 radical (unpaired) electrons. The first-order valence-electron chi connectivity index (χ1n) is 9.36. The Morgan fingerprint density at radius 3 is 3.15 bits per heavy atom. The van der Waals surface area contributed by atoms with Crippen molar-refractivity contribution in [1.82, 2.24) is 20.8 Å². The summed E-state index contributed by atoms with van der Waals surface area (Å²) in [6.07, 6.45) is 1.11. The van der Waals surface area contributed by atoms with Gasteiger partial charge in [-0.3, -0.25) is 0 Å². The Morgan fingerprint density at radius 1 is 1.38 bits per heavy atom. The molecule has 1 fully saturated rings.